The summed E-state index contributed by atoms with van der Waals surface area (Å²) in [5, 5.41) is 6.97. The first-order chi connectivity index (χ1) is 5.27. The highest BCUT2D eigenvalue weighted by molar-refractivity contribution is 7.77. The third-order valence-electron chi connectivity index (χ3n) is 1.62. The van der Waals surface area contributed by atoms with Crippen LogP contribution in [0.5, 0.6) is 0 Å². The number of nitrogens with one attached hydrogen (secondary N) is 1. The van der Waals surface area contributed by atoms with Gasteiger partial charge in [0.15, 0.2) is 0 Å². The fourth-order valence-corrected chi connectivity index (χ4v) is 1.50. The maximum Gasteiger partial charge on any atom is 0.282 e. The lowest BCUT2D eigenvalue weighted by Crippen LogP contribution is -2.08. The molecule has 0 spiro atoms. The normalized spacial score (nSPS) is 18.3. The summed E-state index contributed by atoms with van der Waals surface area (Å²) in [5.41, 5.74) is 1.87. The molecule has 0 saturated heterocycles. The molecule has 2 heterocycles. The number of rotatable bonds is 1. The summed E-state index contributed by atoms with van der Waals surface area (Å²) in [6.45, 7) is 1.44. The lowest BCUT2D eigenvalue weighted by atomic mass is 10.3. The molecule has 1 aliphatic rings. The van der Waals surface area contributed by atoms with E-state index in [2.05, 4.69) is 10.4 Å². The predicted octanol–water partition coefficient (Wildman–Crippen LogP) is -0.529. The summed E-state index contributed by atoms with van der Waals surface area (Å²) in [6, 6.07) is 0. The van der Waals surface area contributed by atoms with Crippen LogP contribution in [0.3, 0.4) is 0 Å². The zero-order valence-electron chi connectivity index (χ0n) is 5.65. The Kier molecular flexibility index (Phi) is 1.52. The van der Waals surface area contributed by atoms with E-state index in [-0.39, 0.29) is 0 Å². The van der Waals surface area contributed by atoms with E-state index in [9.17, 15) is 4.21 Å². The van der Waals surface area contributed by atoms with E-state index in [0.29, 0.717) is 6.54 Å². The largest absolute Gasteiger partial charge is 0.307 e. The fraction of sp³-hybridized carbons (Fsp3) is 0.400. The van der Waals surface area contributed by atoms with Crippen molar-refractivity contribution >= 4 is 11.3 Å². The summed E-state index contributed by atoms with van der Waals surface area (Å²) in [7, 11) is 0. The second-order valence-corrected chi connectivity index (χ2v) is 3.17. The Morgan fingerprint density at radius 1 is 1.73 bits per heavy atom. The SMILES string of the molecule is O=S(O)n1cc2c(n1)CNC2. The van der Waals surface area contributed by atoms with Gasteiger partial charge in [-0.15, -0.1) is 0 Å². The van der Waals surface area contributed by atoms with Crippen LogP contribution in [-0.4, -0.2) is 17.9 Å². The van der Waals surface area contributed by atoms with Crippen molar-refractivity contribution in [3.63, 3.8) is 0 Å². The van der Waals surface area contributed by atoms with Crippen LogP contribution in [0.2, 0.25) is 0 Å². The van der Waals surface area contributed by atoms with Crippen molar-refractivity contribution in [1.82, 2.24) is 14.5 Å². The summed E-state index contributed by atoms with van der Waals surface area (Å²) < 4.78 is 20.2. The number of fused-ring (bicyclic) bond motifs is 1. The second-order valence-electron chi connectivity index (χ2n) is 2.34. The van der Waals surface area contributed by atoms with Crippen molar-refractivity contribution in [3.05, 3.63) is 17.5 Å². The van der Waals surface area contributed by atoms with Crippen LogP contribution in [0.4, 0.5) is 0 Å². The Balaban J connectivity index is 2.42. The van der Waals surface area contributed by atoms with Crippen LogP contribution in [-0.2, 0) is 24.4 Å². The van der Waals surface area contributed by atoms with Crippen LogP contribution in [0, 0.1) is 0 Å². The molecule has 2 N–H and O–H groups in total. The highest BCUT2D eigenvalue weighted by Crippen LogP contribution is 2.12. The minimum Gasteiger partial charge on any atom is -0.307 e. The second kappa shape index (κ2) is 2.40. The van der Waals surface area contributed by atoms with Gasteiger partial charge in [0.05, 0.1) is 5.69 Å². The van der Waals surface area contributed by atoms with E-state index in [1.165, 1.54) is 0 Å². The molecule has 5 nitrogen and oxygen atoms in total. The molecule has 11 heavy (non-hydrogen) atoms. The molecule has 1 aliphatic heterocycles. The molecular formula is C5H7N3O2S. The molecule has 60 valence electrons. The molecule has 0 aromatic carbocycles. The topological polar surface area (TPSA) is 67.1 Å². The zero-order valence-corrected chi connectivity index (χ0v) is 6.47. The van der Waals surface area contributed by atoms with Gasteiger partial charge in [0.2, 0.25) is 0 Å². The van der Waals surface area contributed by atoms with Crippen LogP contribution in [0.25, 0.3) is 0 Å². The zero-order chi connectivity index (χ0) is 7.84. The predicted molar refractivity (Wildman–Crippen MR) is 38.9 cm³/mol. The van der Waals surface area contributed by atoms with Gasteiger partial charge < -0.3 is 5.32 Å². The molecule has 0 saturated carbocycles. The third-order valence-corrected chi connectivity index (χ3v) is 2.13. The Bertz CT molecular complexity index is 287. The number of hydrogen-bond donors (Lipinski definition) is 2. The van der Waals surface area contributed by atoms with Gasteiger partial charge >= 0.3 is 0 Å². The summed E-state index contributed by atoms with van der Waals surface area (Å²) in [5.74, 6) is 0. The molecule has 0 bridgehead atoms. The highest BCUT2D eigenvalue weighted by atomic mass is 32.2. The average molecular weight is 173 g/mol. The average Bonchev–Trinajstić information content (AvgIpc) is 2.40. The minimum absolute atomic E-state index is 0.694. The molecule has 1 atom stereocenters. The molecule has 2 rings (SSSR count). The van der Waals surface area contributed by atoms with Gasteiger partial charge in [0.25, 0.3) is 11.3 Å². The molecule has 6 heteroatoms. The van der Waals surface area contributed by atoms with E-state index >= 15 is 0 Å². The van der Waals surface area contributed by atoms with Crippen molar-refractivity contribution in [2.45, 2.75) is 13.1 Å². The molecule has 0 aliphatic carbocycles. The standard InChI is InChI=1S/C5H7N3O2S/c9-11(10)8-3-4-1-6-2-5(4)7-8/h3,6H,1-2H2,(H,9,10). The first-order valence-corrected chi connectivity index (χ1v) is 4.23. The van der Waals surface area contributed by atoms with Gasteiger partial charge in [-0.25, -0.2) is 4.21 Å². The van der Waals surface area contributed by atoms with Gasteiger partial charge in [-0.05, 0) is 0 Å². The van der Waals surface area contributed by atoms with Crippen molar-refractivity contribution < 1.29 is 8.76 Å². The van der Waals surface area contributed by atoms with E-state index < -0.39 is 11.3 Å². The van der Waals surface area contributed by atoms with Crippen molar-refractivity contribution in [2.75, 3.05) is 0 Å². The monoisotopic (exact) mass is 173 g/mol. The maximum absolute atomic E-state index is 10.5. The van der Waals surface area contributed by atoms with Crippen LogP contribution in [0.1, 0.15) is 11.3 Å². The fourth-order valence-electron chi connectivity index (χ4n) is 1.11. The third kappa shape index (κ3) is 1.09. The first kappa shape index (κ1) is 6.96. The highest BCUT2D eigenvalue weighted by Gasteiger charge is 2.15. The first-order valence-electron chi connectivity index (χ1n) is 3.17. The van der Waals surface area contributed by atoms with Crippen LogP contribution < -0.4 is 5.32 Å². The van der Waals surface area contributed by atoms with Gasteiger partial charge in [-0.3, -0.25) is 4.55 Å². The summed E-state index contributed by atoms with van der Waals surface area (Å²) >= 11 is -2.01. The van der Waals surface area contributed by atoms with E-state index in [0.717, 1.165) is 21.9 Å². The molecule has 0 amide bonds. The summed E-state index contributed by atoms with van der Waals surface area (Å²) in [4.78, 5) is 0. The minimum atomic E-state index is -2.01. The van der Waals surface area contributed by atoms with Gasteiger partial charge in [-0.2, -0.15) is 9.19 Å². The van der Waals surface area contributed by atoms with E-state index in [1.807, 2.05) is 0 Å². The number of aromatic nitrogens is 2. The summed E-state index contributed by atoms with van der Waals surface area (Å²) in [6.07, 6.45) is 1.59. The molecule has 1 unspecified atom stereocenters. The lowest BCUT2D eigenvalue weighted by Gasteiger charge is -1.92. The Hall–Kier alpha value is -0.720. The van der Waals surface area contributed by atoms with Crippen molar-refractivity contribution in [2.24, 2.45) is 0 Å². The molecule has 0 fully saturated rings. The molecule has 1 aromatic heterocycles. The van der Waals surface area contributed by atoms with E-state index in [1.54, 1.807) is 6.20 Å². The molecule has 1 aromatic rings. The Labute approximate surface area is 65.8 Å². The van der Waals surface area contributed by atoms with Crippen LogP contribution in [0.15, 0.2) is 6.20 Å². The van der Waals surface area contributed by atoms with Crippen LogP contribution >= 0.6 is 0 Å². The van der Waals surface area contributed by atoms with Gasteiger partial charge in [0, 0.05) is 24.8 Å². The number of nitrogens with zero attached hydrogens (tertiary/aromatic N) is 2. The smallest absolute Gasteiger partial charge is 0.282 e. The lowest BCUT2D eigenvalue weighted by molar-refractivity contribution is 0.545. The molecular weight excluding hydrogens is 166 g/mol. The van der Waals surface area contributed by atoms with Crippen molar-refractivity contribution in [3.8, 4) is 0 Å². The van der Waals surface area contributed by atoms with Gasteiger partial charge in [0.1, 0.15) is 0 Å². The molecule has 0 radical (unpaired) electrons. The Morgan fingerprint density at radius 2 is 2.55 bits per heavy atom. The quantitative estimate of drug-likeness (QED) is 0.560. The van der Waals surface area contributed by atoms with Crippen molar-refractivity contribution in [1.29, 1.82) is 0 Å². The number of hydrogen-bond acceptors (Lipinski definition) is 3. The maximum atomic E-state index is 10.5. The Morgan fingerprint density at radius 3 is 3.18 bits per heavy atom. The van der Waals surface area contributed by atoms with Gasteiger partial charge in [-0.1, -0.05) is 0 Å². The van der Waals surface area contributed by atoms with E-state index in [4.69, 9.17) is 4.55 Å².